The molecule has 1 N–H and O–H groups in total. The van der Waals surface area contributed by atoms with Crippen LogP contribution in [-0.2, 0) is 0 Å². The lowest BCUT2D eigenvalue weighted by molar-refractivity contribution is 0.855. The maximum atomic E-state index is 4.40. The zero-order valence-electron chi connectivity index (χ0n) is 10.7. The number of para-hydroxylation sites is 1. The predicted octanol–water partition coefficient (Wildman–Crippen LogP) is 4.11. The zero-order chi connectivity index (χ0) is 13.1. The molecular weight excluding hydrogens is 254 g/mol. The topological polar surface area (TPSA) is 29.9 Å². The van der Waals surface area contributed by atoms with E-state index in [9.17, 15) is 0 Å². The SMILES string of the molecule is CC(Nc1nccn1-c1ccccc1)c1ccsc1. The lowest BCUT2D eigenvalue weighted by Gasteiger charge is -2.15. The normalized spacial score (nSPS) is 12.3. The van der Waals surface area contributed by atoms with Crippen molar-refractivity contribution >= 4 is 17.3 Å². The molecule has 0 aliphatic heterocycles. The Labute approximate surface area is 116 Å². The number of rotatable bonds is 4. The van der Waals surface area contributed by atoms with Gasteiger partial charge in [-0.25, -0.2) is 4.98 Å². The molecule has 0 aliphatic rings. The highest BCUT2D eigenvalue weighted by Gasteiger charge is 2.10. The Morgan fingerprint density at radius 1 is 1.21 bits per heavy atom. The quantitative estimate of drug-likeness (QED) is 0.772. The van der Waals surface area contributed by atoms with E-state index < -0.39 is 0 Å². The summed E-state index contributed by atoms with van der Waals surface area (Å²) in [6, 6.07) is 12.6. The summed E-state index contributed by atoms with van der Waals surface area (Å²) in [5.41, 5.74) is 2.40. The molecule has 0 amide bonds. The average Bonchev–Trinajstić information content (AvgIpc) is 3.11. The van der Waals surface area contributed by atoms with Crippen LogP contribution >= 0.6 is 11.3 Å². The van der Waals surface area contributed by atoms with Gasteiger partial charge in [0.05, 0.1) is 6.04 Å². The number of thiophene rings is 1. The lowest BCUT2D eigenvalue weighted by atomic mass is 10.2. The molecule has 2 heterocycles. The zero-order valence-corrected chi connectivity index (χ0v) is 11.5. The van der Waals surface area contributed by atoms with Gasteiger partial charge in [0.25, 0.3) is 0 Å². The van der Waals surface area contributed by atoms with Crippen LogP contribution < -0.4 is 5.32 Å². The Balaban J connectivity index is 1.85. The molecule has 0 radical (unpaired) electrons. The van der Waals surface area contributed by atoms with Crippen LogP contribution in [0, 0.1) is 0 Å². The molecule has 3 rings (SSSR count). The highest BCUT2D eigenvalue weighted by molar-refractivity contribution is 7.07. The van der Waals surface area contributed by atoms with Gasteiger partial charge in [0.1, 0.15) is 0 Å². The predicted molar refractivity (Wildman–Crippen MR) is 79.9 cm³/mol. The summed E-state index contributed by atoms with van der Waals surface area (Å²) >= 11 is 1.71. The van der Waals surface area contributed by atoms with Crippen LogP contribution in [0.3, 0.4) is 0 Å². The van der Waals surface area contributed by atoms with Crippen LogP contribution in [0.15, 0.2) is 59.6 Å². The molecule has 0 fully saturated rings. The Hall–Kier alpha value is -2.07. The van der Waals surface area contributed by atoms with E-state index in [0.29, 0.717) is 0 Å². The van der Waals surface area contributed by atoms with Crippen molar-refractivity contribution in [3.05, 3.63) is 65.1 Å². The first-order chi connectivity index (χ1) is 9.34. The van der Waals surface area contributed by atoms with Crippen molar-refractivity contribution < 1.29 is 0 Å². The van der Waals surface area contributed by atoms with Crippen LogP contribution in [0.5, 0.6) is 0 Å². The van der Waals surface area contributed by atoms with Crippen molar-refractivity contribution in [2.45, 2.75) is 13.0 Å². The molecule has 0 spiro atoms. The van der Waals surface area contributed by atoms with E-state index in [1.807, 2.05) is 30.6 Å². The summed E-state index contributed by atoms with van der Waals surface area (Å²) in [5, 5.41) is 7.70. The first-order valence-electron chi connectivity index (χ1n) is 6.22. The summed E-state index contributed by atoms with van der Waals surface area (Å²) in [5.74, 6) is 0.866. The number of hydrogen-bond acceptors (Lipinski definition) is 3. The molecule has 96 valence electrons. The second kappa shape index (κ2) is 5.28. The van der Waals surface area contributed by atoms with Crippen LogP contribution in [0.2, 0.25) is 0 Å². The Morgan fingerprint density at radius 2 is 2.05 bits per heavy atom. The molecule has 3 nitrogen and oxygen atoms in total. The van der Waals surface area contributed by atoms with Crippen molar-refractivity contribution in [3.8, 4) is 5.69 Å². The number of hydrogen-bond donors (Lipinski definition) is 1. The average molecular weight is 269 g/mol. The standard InChI is InChI=1S/C15H15N3S/c1-12(13-7-10-19-11-13)17-15-16-8-9-18(15)14-5-3-2-4-6-14/h2-12H,1H3,(H,16,17). The van der Waals surface area contributed by atoms with E-state index in [0.717, 1.165) is 11.6 Å². The van der Waals surface area contributed by atoms with Gasteiger partial charge in [-0.2, -0.15) is 11.3 Å². The van der Waals surface area contributed by atoms with Gasteiger partial charge in [-0.05, 0) is 41.4 Å². The number of anilines is 1. The highest BCUT2D eigenvalue weighted by Crippen LogP contribution is 2.22. The Morgan fingerprint density at radius 3 is 2.79 bits per heavy atom. The van der Waals surface area contributed by atoms with Gasteiger partial charge in [-0.3, -0.25) is 4.57 Å². The first-order valence-corrected chi connectivity index (χ1v) is 7.16. The molecule has 0 aliphatic carbocycles. The van der Waals surface area contributed by atoms with Gasteiger partial charge in [-0.15, -0.1) is 0 Å². The van der Waals surface area contributed by atoms with E-state index in [1.165, 1.54) is 5.56 Å². The number of aromatic nitrogens is 2. The van der Waals surface area contributed by atoms with E-state index in [1.54, 1.807) is 11.3 Å². The number of benzene rings is 1. The van der Waals surface area contributed by atoms with Crippen LogP contribution in [0.1, 0.15) is 18.5 Å². The second-order valence-corrected chi connectivity index (χ2v) is 5.16. The minimum Gasteiger partial charge on any atom is -0.349 e. The van der Waals surface area contributed by atoms with Crippen molar-refractivity contribution in [1.82, 2.24) is 9.55 Å². The minimum absolute atomic E-state index is 0.246. The fourth-order valence-electron chi connectivity index (χ4n) is 2.01. The Kier molecular flexibility index (Phi) is 3.33. The van der Waals surface area contributed by atoms with Gasteiger partial charge in [0.2, 0.25) is 5.95 Å². The number of nitrogens with one attached hydrogen (secondary N) is 1. The fourth-order valence-corrected chi connectivity index (χ4v) is 2.76. The minimum atomic E-state index is 0.246. The van der Waals surface area contributed by atoms with Gasteiger partial charge < -0.3 is 5.32 Å². The highest BCUT2D eigenvalue weighted by atomic mass is 32.1. The third-order valence-corrected chi connectivity index (χ3v) is 3.77. The van der Waals surface area contributed by atoms with Crippen molar-refractivity contribution in [3.63, 3.8) is 0 Å². The number of nitrogens with zero attached hydrogens (tertiary/aromatic N) is 2. The van der Waals surface area contributed by atoms with E-state index in [-0.39, 0.29) is 6.04 Å². The lowest BCUT2D eigenvalue weighted by Crippen LogP contribution is -2.10. The van der Waals surface area contributed by atoms with Gasteiger partial charge in [-0.1, -0.05) is 18.2 Å². The molecule has 4 heteroatoms. The maximum absolute atomic E-state index is 4.40. The molecular formula is C15H15N3S. The third kappa shape index (κ3) is 2.53. The van der Waals surface area contributed by atoms with E-state index in [4.69, 9.17) is 0 Å². The monoisotopic (exact) mass is 269 g/mol. The largest absolute Gasteiger partial charge is 0.349 e. The molecule has 1 aromatic carbocycles. The maximum Gasteiger partial charge on any atom is 0.207 e. The molecule has 3 aromatic rings. The Bertz CT molecular complexity index is 628. The summed E-state index contributed by atoms with van der Waals surface area (Å²) < 4.78 is 2.06. The van der Waals surface area contributed by atoms with Crippen molar-refractivity contribution in [2.75, 3.05) is 5.32 Å². The first kappa shape index (κ1) is 12.0. The third-order valence-electron chi connectivity index (χ3n) is 3.06. The summed E-state index contributed by atoms with van der Waals surface area (Å²) in [4.78, 5) is 4.40. The van der Waals surface area contributed by atoms with Gasteiger partial charge in [0.15, 0.2) is 0 Å². The molecule has 0 saturated heterocycles. The van der Waals surface area contributed by atoms with Crippen LogP contribution in [0.4, 0.5) is 5.95 Å². The second-order valence-electron chi connectivity index (χ2n) is 4.38. The van der Waals surface area contributed by atoms with E-state index >= 15 is 0 Å². The number of imidazole rings is 1. The van der Waals surface area contributed by atoms with Gasteiger partial charge >= 0.3 is 0 Å². The molecule has 2 aromatic heterocycles. The summed E-state index contributed by atoms with van der Waals surface area (Å²) in [7, 11) is 0. The molecule has 0 bridgehead atoms. The fraction of sp³-hybridized carbons (Fsp3) is 0.133. The molecule has 19 heavy (non-hydrogen) atoms. The van der Waals surface area contributed by atoms with Gasteiger partial charge in [0, 0.05) is 18.1 Å². The van der Waals surface area contributed by atoms with Crippen molar-refractivity contribution in [2.24, 2.45) is 0 Å². The van der Waals surface area contributed by atoms with Crippen LogP contribution in [-0.4, -0.2) is 9.55 Å². The molecule has 1 unspecified atom stereocenters. The van der Waals surface area contributed by atoms with Crippen molar-refractivity contribution in [1.29, 1.82) is 0 Å². The summed E-state index contributed by atoms with van der Waals surface area (Å²) in [6.07, 6.45) is 3.79. The smallest absolute Gasteiger partial charge is 0.207 e. The van der Waals surface area contributed by atoms with Crippen LogP contribution in [0.25, 0.3) is 5.69 Å². The van der Waals surface area contributed by atoms with E-state index in [2.05, 4.69) is 50.8 Å². The summed E-state index contributed by atoms with van der Waals surface area (Å²) in [6.45, 7) is 2.14. The molecule has 0 saturated carbocycles. The molecule has 1 atom stereocenters.